The SMILES string of the molecule is N#Cc1nccnc1NCCC(=O)N1CCCC1. The number of nitriles is 1. The highest BCUT2D eigenvalue weighted by Crippen LogP contribution is 2.10. The predicted octanol–water partition coefficient (Wildman–Crippen LogP) is 0.773. The van der Waals surface area contributed by atoms with Crippen molar-refractivity contribution in [3.8, 4) is 6.07 Å². The third-order valence-electron chi connectivity index (χ3n) is 2.89. The lowest BCUT2D eigenvalue weighted by molar-refractivity contribution is -0.129. The van der Waals surface area contributed by atoms with Crippen LogP contribution in [0.2, 0.25) is 0 Å². The molecule has 0 radical (unpaired) electrons. The van der Waals surface area contributed by atoms with Crippen LogP contribution < -0.4 is 5.32 Å². The average Bonchev–Trinajstić information content (AvgIpc) is 2.93. The Balaban J connectivity index is 1.81. The second kappa shape index (κ2) is 5.96. The van der Waals surface area contributed by atoms with Crippen molar-refractivity contribution in [1.82, 2.24) is 14.9 Å². The number of nitrogens with one attached hydrogen (secondary N) is 1. The van der Waals surface area contributed by atoms with E-state index in [1.165, 1.54) is 12.4 Å². The Morgan fingerprint density at radius 3 is 2.83 bits per heavy atom. The van der Waals surface area contributed by atoms with Gasteiger partial charge in [-0.3, -0.25) is 4.79 Å². The molecule has 0 aromatic carbocycles. The van der Waals surface area contributed by atoms with E-state index >= 15 is 0 Å². The highest BCUT2D eigenvalue weighted by molar-refractivity contribution is 5.77. The second-order valence-corrected chi connectivity index (χ2v) is 4.13. The summed E-state index contributed by atoms with van der Waals surface area (Å²) in [6.45, 7) is 2.21. The van der Waals surface area contributed by atoms with Crippen LogP contribution in [-0.2, 0) is 4.79 Å². The molecule has 6 nitrogen and oxygen atoms in total. The first-order chi connectivity index (χ1) is 8.81. The molecule has 0 bridgehead atoms. The zero-order valence-corrected chi connectivity index (χ0v) is 10.1. The fourth-order valence-corrected chi connectivity index (χ4v) is 1.96. The largest absolute Gasteiger partial charge is 0.367 e. The molecule has 94 valence electrons. The quantitative estimate of drug-likeness (QED) is 0.847. The number of amides is 1. The maximum Gasteiger partial charge on any atom is 0.224 e. The van der Waals surface area contributed by atoms with E-state index < -0.39 is 0 Å². The van der Waals surface area contributed by atoms with Crippen molar-refractivity contribution in [2.24, 2.45) is 0 Å². The minimum atomic E-state index is 0.155. The fourth-order valence-electron chi connectivity index (χ4n) is 1.96. The molecule has 0 atom stereocenters. The van der Waals surface area contributed by atoms with E-state index in [-0.39, 0.29) is 11.6 Å². The summed E-state index contributed by atoms with van der Waals surface area (Å²) in [6, 6.07) is 1.96. The second-order valence-electron chi connectivity index (χ2n) is 4.13. The van der Waals surface area contributed by atoms with Crippen molar-refractivity contribution in [3.63, 3.8) is 0 Å². The van der Waals surface area contributed by atoms with E-state index in [1.807, 2.05) is 11.0 Å². The molecule has 6 heteroatoms. The van der Waals surface area contributed by atoms with Gasteiger partial charge in [0.15, 0.2) is 11.5 Å². The van der Waals surface area contributed by atoms with Crippen molar-refractivity contribution >= 4 is 11.7 Å². The lowest BCUT2D eigenvalue weighted by Gasteiger charge is -2.15. The van der Waals surface area contributed by atoms with Crippen LogP contribution in [0.15, 0.2) is 12.4 Å². The zero-order valence-electron chi connectivity index (χ0n) is 10.1. The minimum absolute atomic E-state index is 0.155. The molecule has 1 N–H and O–H groups in total. The molecule has 1 aliphatic heterocycles. The summed E-state index contributed by atoms with van der Waals surface area (Å²) in [5.41, 5.74) is 0.256. The zero-order chi connectivity index (χ0) is 12.8. The van der Waals surface area contributed by atoms with Gasteiger partial charge in [0.05, 0.1) is 0 Å². The molecule has 18 heavy (non-hydrogen) atoms. The van der Waals surface area contributed by atoms with Gasteiger partial charge >= 0.3 is 0 Å². The maximum absolute atomic E-state index is 11.8. The Hall–Kier alpha value is -2.16. The van der Waals surface area contributed by atoms with Crippen LogP contribution in [0, 0.1) is 11.3 Å². The van der Waals surface area contributed by atoms with Crippen LogP contribution in [0.5, 0.6) is 0 Å². The summed E-state index contributed by atoms with van der Waals surface area (Å²) >= 11 is 0. The number of nitrogens with zero attached hydrogens (tertiary/aromatic N) is 4. The van der Waals surface area contributed by atoms with E-state index in [0.29, 0.717) is 18.8 Å². The molecule has 1 amide bonds. The first-order valence-corrected chi connectivity index (χ1v) is 6.04. The molecular formula is C12H15N5O. The van der Waals surface area contributed by atoms with Gasteiger partial charge in [-0.25, -0.2) is 9.97 Å². The first-order valence-electron chi connectivity index (χ1n) is 6.04. The standard InChI is InChI=1S/C12H15N5O/c13-9-10-12(16-6-5-14-10)15-4-3-11(18)17-7-1-2-8-17/h5-6H,1-4,7-8H2,(H,15,16). The molecule has 1 aliphatic rings. The number of carbonyl (C=O) groups is 1. The monoisotopic (exact) mass is 245 g/mol. The molecule has 2 rings (SSSR count). The van der Waals surface area contributed by atoms with Gasteiger partial charge in [-0.05, 0) is 12.8 Å². The molecule has 1 fully saturated rings. The molecule has 0 spiro atoms. The topological polar surface area (TPSA) is 81.9 Å². The summed E-state index contributed by atoms with van der Waals surface area (Å²) in [6.07, 6.45) is 5.61. The summed E-state index contributed by atoms with van der Waals surface area (Å²) in [7, 11) is 0. The molecule has 0 aliphatic carbocycles. The highest BCUT2D eigenvalue weighted by Gasteiger charge is 2.17. The lowest BCUT2D eigenvalue weighted by Crippen LogP contribution is -2.29. The molecular weight excluding hydrogens is 230 g/mol. The third kappa shape index (κ3) is 2.94. The van der Waals surface area contributed by atoms with Crippen molar-refractivity contribution < 1.29 is 4.79 Å². The summed E-state index contributed by atoms with van der Waals surface area (Å²) in [4.78, 5) is 21.6. The number of carbonyl (C=O) groups excluding carboxylic acids is 1. The molecule has 0 saturated carbocycles. The Morgan fingerprint density at radius 1 is 1.39 bits per heavy atom. The van der Waals surface area contributed by atoms with Crippen molar-refractivity contribution in [2.75, 3.05) is 25.0 Å². The Kier molecular flexibility index (Phi) is 4.07. The van der Waals surface area contributed by atoms with Crippen LogP contribution >= 0.6 is 0 Å². The molecule has 2 heterocycles. The number of anilines is 1. The summed E-state index contributed by atoms with van der Waals surface area (Å²) in [5.74, 6) is 0.594. The predicted molar refractivity (Wildman–Crippen MR) is 65.7 cm³/mol. The highest BCUT2D eigenvalue weighted by atomic mass is 16.2. The summed E-state index contributed by atoms with van der Waals surface area (Å²) < 4.78 is 0. The van der Waals surface area contributed by atoms with Gasteiger partial charge in [0.2, 0.25) is 5.91 Å². The normalized spacial score (nSPS) is 14.3. The van der Waals surface area contributed by atoms with E-state index in [1.54, 1.807) is 0 Å². The Bertz CT molecular complexity index is 462. The summed E-state index contributed by atoms with van der Waals surface area (Å²) in [5, 5.41) is 11.8. The lowest BCUT2D eigenvalue weighted by atomic mass is 10.3. The van der Waals surface area contributed by atoms with Crippen molar-refractivity contribution in [2.45, 2.75) is 19.3 Å². The van der Waals surface area contributed by atoms with Crippen LogP contribution in [0.1, 0.15) is 25.0 Å². The number of hydrogen-bond donors (Lipinski definition) is 1. The van der Waals surface area contributed by atoms with Crippen LogP contribution in [0.3, 0.4) is 0 Å². The van der Waals surface area contributed by atoms with Gasteiger partial charge < -0.3 is 10.2 Å². The third-order valence-corrected chi connectivity index (χ3v) is 2.89. The minimum Gasteiger partial charge on any atom is -0.367 e. The fraction of sp³-hybridized carbons (Fsp3) is 0.500. The van der Waals surface area contributed by atoms with Crippen LogP contribution in [0.25, 0.3) is 0 Å². The van der Waals surface area contributed by atoms with Gasteiger partial charge in [0.25, 0.3) is 0 Å². The van der Waals surface area contributed by atoms with Gasteiger partial charge in [-0.1, -0.05) is 0 Å². The molecule has 1 aromatic rings. The van der Waals surface area contributed by atoms with Crippen LogP contribution in [0.4, 0.5) is 5.82 Å². The maximum atomic E-state index is 11.8. The van der Waals surface area contributed by atoms with Gasteiger partial charge in [0, 0.05) is 38.4 Å². The molecule has 1 saturated heterocycles. The van der Waals surface area contributed by atoms with Crippen molar-refractivity contribution in [3.05, 3.63) is 18.1 Å². The smallest absolute Gasteiger partial charge is 0.224 e. The van der Waals surface area contributed by atoms with Gasteiger partial charge in [-0.15, -0.1) is 0 Å². The van der Waals surface area contributed by atoms with Gasteiger partial charge in [0.1, 0.15) is 6.07 Å². The Labute approximate surface area is 106 Å². The van der Waals surface area contributed by atoms with E-state index in [4.69, 9.17) is 5.26 Å². The number of aromatic nitrogens is 2. The molecule has 0 unspecified atom stereocenters. The number of rotatable bonds is 4. The van der Waals surface area contributed by atoms with E-state index in [0.717, 1.165) is 25.9 Å². The number of likely N-dealkylation sites (tertiary alicyclic amines) is 1. The molecule has 1 aromatic heterocycles. The van der Waals surface area contributed by atoms with E-state index in [9.17, 15) is 4.79 Å². The van der Waals surface area contributed by atoms with Crippen molar-refractivity contribution in [1.29, 1.82) is 5.26 Å². The number of hydrogen-bond acceptors (Lipinski definition) is 5. The first kappa shape index (κ1) is 12.3. The van der Waals surface area contributed by atoms with Crippen LogP contribution in [-0.4, -0.2) is 40.4 Å². The average molecular weight is 245 g/mol. The Morgan fingerprint density at radius 2 is 2.11 bits per heavy atom. The van der Waals surface area contributed by atoms with Gasteiger partial charge in [-0.2, -0.15) is 5.26 Å². The van der Waals surface area contributed by atoms with E-state index in [2.05, 4.69) is 15.3 Å².